The van der Waals surface area contributed by atoms with Gasteiger partial charge < -0.3 is 0 Å². The molecule has 0 spiro atoms. The molecule has 172 valence electrons. The van der Waals surface area contributed by atoms with E-state index in [9.17, 15) is 9.90 Å². The number of phenols is 1. The van der Waals surface area contributed by atoms with Crippen LogP contribution in [0.2, 0.25) is 5.02 Å². The molecular formula is C22H31ClNO5PS. The van der Waals surface area contributed by atoms with Crippen LogP contribution >= 0.6 is 30.6 Å². The van der Waals surface area contributed by atoms with E-state index in [-0.39, 0.29) is 16.1 Å². The van der Waals surface area contributed by atoms with Crippen LogP contribution in [0.3, 0.4) is 0 Å². The van der Waals surface area contributed by atoms with Gasteiger partial charge in [0.15, 0.2) is 0 Å². The molecule has 0 saturated heterocycles. The second-order valence-corrected chi connectivity index (χ2v) is 13.6. The molecule has 0 heterocycles. The number of nitrogens with two attached hydrogens (primary N) is 1. The summed E-state index contributed by atoms with van der Waals surface area (Å²) in [5, 5.41) is 10.7. The van der Waals surface area contributed by atoms with E-state index in [1.807, 2.05) is 12.1 Å². The summed E-state index contributed by atoms with van der Waals surface area (Å²) in [4.78, 5) is 14.6. The van der Waals surface area contributed by atoms with Gasteiger partial charge in [0.2, 0.25) is 0 Å². The van der Waals surface area contributed by atoms with Crippen LogP contribution in [-0.2, 0) is 13.8 Å². The van der Waals surface area contributed by atoms with E-state index in [1.165, 1.54) is 26.0 Å². The first kappa shape index (κ1) is 25.9. The Bertz CT molecular complexity index is 973. The first-order chi connectivity index (χ1) is 14.2. The molecule has 9 heteroatoms. The van der Waals surface area contributed by atoms with Crippen LogP contribution in [0.1, 0.15) is 46.1 Å². The fourth-order valence-corrected chi connectivity index (χ4v) is 6.83. The monoisotopic (exact) mass is 487 g/mol. The van der Waals surface area contributed by atoms with Gasteiger partial charge >= 0.3 is 194 Å². The molecule has 0 unspecified atom stereocenters. The van der Waals surface area contributed by atoms with Crippen molar-refractivity contribution in [3.63, 3.8) is 0 Å². The number of carbonyl (C=O) groups is 1. The Kier molecular flexibility index (Phi) is 7.74. The van der Waals surface area contributed by atoms with Gasteiger partial charge in [0.05, 0.1) is 0 Å². The van der Waals surface area contributed by atoms with Crippen molar-refractivity contribution in [1.82, 2.24) is 0 Å². The Hall–Kier alpha value is -1.34. The second-order valence-electron chi connectivity index (χ2n) is 8.46. The topological polar surface area (TPSA) is 91.0 Å². The van der Waals surface area contributed by atoms with Crippen molar-refractivity contribution in [3.8, 4) is 5.75 Å². The van der Waals surface area contributed by atoms with E-state index >= 15 is 0 Å². The van der Waals surface area contributed by atoms with Crippen molar-refractivity contribution in [2.45, 2.75) is 55.9 Å². The molecule has 2 rings (SSSR count). The Morgan fingerprint density at radius 2 is 1.74 bits per heavy atom. The molecule has 2 aromatic carbocycles. The summed E-state index contributed by atoms with van der Waals surface area (Å²) < 4.78 is 16.6. The van der Waals surface area contributed by atoms with Gasteiger partial charge in [0.25, 0.3) is 0 Å². The van der Waals surface area contributed by atoms with Crippen LogP contribution in [0, 0.1) is 0 Å². The van der Waals surface area contributed by atoms with Gasteiger partial charge in [-0.3, -0.25) is 0 Å². The predicted octanol–water partition coefficient (Wildman–Crippen LogP) is 6.43. The Morgan fingerprint density at radius 1 is 1.13 bits per heavy atom. The van der Waals surface area contributed by atoms with Crippen molar-refractivity contribution in [2.24, 2.45) is 5.50 Å². The molecule has 0 fully saturated rings. The number of aromatic hydroxyl groups is 1. The van der Waals surface area contributed by atoms with Crippen LogP contribution < -0.4 is 10.8 Å². The maximum absolute atomic E-state index is 13.1. The minimum absolute atomic E-state index is 0.176. The first-order valence-electron chi connectivity index (χ1n) is 9.74. The molecular weight excluding hydrogens is 457 g/mol. The number of hydrogen-bond acceptors (Lipinski definition) is 7. The van der Waals surface area contributed by atoms with Crippen molar-refractivity contribution < 1.29 is 23.7 Å². The molecule has 0 saturated carbocycles. The molecule has 0 aromatic heterocycles. The normalized spacial score (nSPS) is 13.7. The van der Waals surface area contributed by atoms with E-state index in [0.29, 0.717) is 10.8 Å². The van der Waals surface area contributed by atoms with Gasteiger partial charge in [-0.2, -0.15) is 0 Å². The van der Waals surface area contributed by atoms with Gasteiger partial charge in [-0.15, -0.1) is 0 Å². The molecule has 0 radical (unpaired) electrons. The van der Waals surface area contributed by atoms with Crippen molar-refractivity contribution in [2.75, 3.05) is 14.2 Å². The van der Waals surface area contributed by atoms with E-state index < -0.39 is 18.5 Å². The zero-order chi connectivity index (χ0) is 23.6. The fourth-order valence-electron chi connectivity index (χ4n) is 2.86. The number of phenolic OH excluding ortho intramolecular Hbond substituents is 1. The summed E-state index contributed by atoms with van der Waals surface area (Å²) in [6.45, 7) is 9.37. The minimum atomic E-state index is -4.58. The summed E-state index contributed by atoms with van der Waals surface area (Å²) >= 11 is 7.93. The van der Waals surface area contributed by atoms with Crippen molar-refractivity contribution >= 4 is 41.6 Å². The zero-order valence-electron chi connectivity index (χ0n) is 18.9. The quantitative estimate of drug-likeness (QED) is 0.435. The maximum atomic E-state index is 13.1. The number of rotatable bonds is 7. The number of carbonyl (C=O) groups excluding carboxylic acids is 1. The molecule has 6 nitrogen and oxygen atoms in total. The number of ether oxygens (including phenoxy) is 1. The predicted molar refractivity (Wildman–Crippen MR) is 129 cm³/mol. The molecule has 0 aliphatic heterocycles. The Balaban J connectivity index is 2.49. The third-order valence-electron chi connectivity index (χ3n) is 4.72. The van der Waals surface area contributed by atoms with Crippen LogP contribution in [0.5, 0.6) is 5.75 Å². The van der Waals surface area contributed by atoms with E-state index in [0.717, 1.165) is 10.5 Å². The summed E-state index contributed by atoms with van der Waals surface area (Å²) in [7, 11) is -1.97. The molecule has 0 aliphatic rings. The van der Waals surface area contributed by atoms with Gasteiger partial charge in [-0.1, -0.05) is 0 Å². The third-order valence-corrected chi connectivity index (χ3v) is 9.73. The standard InChI is InChI=1S/C22H31ClNO5PS/c1-14(2)15-8-10-18(25)20(12-15)31-16-9-11-19(17(23)13-16)30(24,27-6,28-7)21(26)29-22(3,4)5/h8-14,25H,24H2,1-7H3. The molecule has 2 aromatic rings. The third kappa shape index (κ3) is 5.36. The summed E-state index contributed by atoms with van der Waals surface area (Å²) in [6, 6.07) is 10.6. The summed E-state index contributed by atoms with van der Waals surface area (Å²) in [6.07, 6.45) is 0. The molecule has 3 N–H and O–H groups in total. The summed E-state index contributed by atoms with van der Waals surface area (Å²) in [5.74, 6) is 0.502. The molecule has 0 aliphatic carbocycles. The van der Waals surface area contributed by atoms with Crippen LogP contribution in [0.15, 0.2) is 46.2 Å². The van der Waals surface area contributed by atoms with Gasteiger partial charge in [0, 0.05) is 0 Å². The molecule has 0 amide bonds. The average molecular weight is 488 g/mol. The summed E-state index contributed by atoms with van der Waals surface area (Å²) in [5.41, 5.74) is 6.07. The van der Waals surface area contributed by atoms with E-state index in [1.54, 1.807) is 45.0 Å². The SMILES string of the molecule is COP(N)(OC)(C(=O)OC(C)(C)C)c1ccc(Sc2cc(C(C)C)ccc2O)cc1Cl. The average Bonchev–Trinajstić information content (AvgIpc) is 2.68. The first-order valence-corrected chi connectivity index (χ1v) is 13.1. The second kappa shape index (κ2) is 9.26. The van der Waals surface area contributed by atoms with Gasteiger partial charge in [-0.25, -0.2) is 0 Å². The Morgan fingerprint density at radius 3 is 2.23 bits per heavy atom. The van der Waals surface area contributed by atoms with Crippen LogP contribution in [0.25, 0.3) is 0 Å². The number of hydrogen-bond donors (Lipinski definition) is 2. The van der Waals surface area contributed by atoms with Gasteiger partial charge in [-0.05, 0) is 0 Å². The van der Waals surface area contributed by atoms with Crippen molar-refractivity contribution in [1.29, 1.82) is 0 Å². The zero-order valence-corrected chi connectivity index (χ0v) is 21.4. The van der Waals surface area contributed by atoms with Gasteiger partial charge in [0.1, 0.15) is 0 Å². The van der Waals surface area contributed by atoms with Crippen molar-refractivity contribution in [3.05, 3.63) is 47.0 Å². The van der Waals surface area contributed by atoms with Crippen LogP contribution in [-0.4, -0.2) is 30.6 Å². The fraction of sp³-hybridized carbons (Fsp3) is 0.409. The van der Waals surface area contributed by atoms with E-state index in [2.05, 4.69) is 13.8 Å². The molecule has 0 atom stereocenters. The number of benzene rings is 2. The Labute approximate surface area is 193 Å². The molecule has 0 bridgehead atoms. The van der Waals surface area contributed by atoms with Crippen LogP contribution in [0.4, 0.5) is 4.79 Å². The van der Waals surface area contributed by atoms with E-state index in [4.69, 9.17) is 30.9 Å². The molecule has 31 heavy (non-hydrogen) atoms. The number of halogens is 1.